The number of aryl methyl sites for hydroxylation is 1. The maximum Gasteiger partial charge on any atom is 0.222 e. The van der Waals surface area contributed by atoms with Crippen LogP contribution in [0.25, 0.3) is 0 Å². The Morgan fingerprint density at radius 2 is 1.88 bits per heavy atom. The zero-order chi connectivity index (χ0) is 11.4. The lowest BCUT2D eigenvalue weighted by atomic mass is 9.83. The molecule has 1 aliphatic carbocycles. The molecule has 1 fully saturated rings. The van der Waals surface area contributed by atoms with E-state index in [0.717, 1.165) is 18.1 Å². The molecule has 88 valence electrons. The number of anilines is 1. The summed E-state index contributed by atoms with van der Waals surface area (Å²) in [5.41, 5.74) is 1.60. The van der Waals surface area contributed by atoms with Crippen LogP contribution in [0.4, 0.5) is 5.95 Å². The lowest BCUT2D eigenvalue weighted by molar-refractivity contribution is 0.306. The molecule has 1 heterocycles. The fourth-order valence-electron chi connectivity index (χ4n) is 2.53. The van der Waals surface area contributed by atoms with Gasteiger partial charge in [-0.2, -0.15) is 0 Å². The first kappa shape index (κ1) is 11.4. The van der Waals surface area contributed by atoms with E-state index in [9.17, 15) is 0 Å². The van der Waals surface area contributed by atoms with E-state index < -0.39 is 0 Å². The molecule has 1 saturated carbocycles. The molecule has 0 amide bonds. The molecule has 0 atom stereocenters. The number of hydrogen-bond donors (Lipinski definition) is 1. The van der Waals surface area contributed by atoms with Crippen molar-refractivity contribution in [3.8, 4) is 0 Å². The molecule has 1 aromatic heterocycles. The van der Waals surface area contributed by atoms with Crippen LogP contribution in [0.3, 0.4) is 0 Å². The molecule has 0 radical (unpaired) electrons. The minimum absolute atomic E-state index is 0.494. The van der Waals surface area contributed by atoms with Gasteiger partial charge in [-0.25, -0.2) is 9.97 Å². The number of rotatable bonds is 4. The number of hydrogen-bond acceptors (Lipinski definition) is 3. The molecule has 3 nitrogen and oxygen atoms in total. The maximum atomic E-state index is 4.28. The minimum Gasteiger partial charge on any atom is -0.354 e. The van der Waals surface area contributed by atoms with E-state index in [0.29, 0.717) is 5.41 Å². The number of nitrogens with one attached hydrogen (secondary N) is 1. The summed E-state index contributed by atoms with van der Waals surface area (Å²) in [6, 6.07) is 0. The Morgan fingerprint density at radius 1 is 1.25 bits per heavy atom. The van der Waals surface area contributed by atoms with Crippen LogP contribution in [-0.2, 0) is 0 Å². The van der Waals surface area contributed by atoms with Crippen molar-refractivity contribution < 1.29 is 0 Å². The van der Waals surface area contributed by atoms with E-state index >= 15 is 0 Å². The van der Waals surface area contributed by atoms with Crippen LogP contribution in [0.2, 0.25) is 0 Å². The molecule has 0 saturated heterocycles. The molecule has 2 rings (SSSR count). The highest BCUT2D eigenvalue weighted by molar-refractivity contribution is 5.25. The average molecular weight is 219 g/mol. The first-order valence-corrected chi connectivity index (χ1v) is 6.27. The minimum atomic E-state index is 0.494. The Morgan fingerprint density at radius 3 is 2.44 bits per heavy atom. The monoisotopic (exact) mass is 219 g/mol. The average Bonchev–Trinajstić information content (AvgIpc) is 2.78. The van der Waals surface area contributed by atoms with Gasteiger partial charge in [-0.1, -0.05) is 19.8 Å². The number of aromatic nitrogens is 2. The van der Waals surface area contributed by atoms with E-state index in [1.54, 1.807) is 0 Å². The predicted molar refractivity (Wildman–Crippen MR) is 66.5 cm³/mol. The molecule has 0 spiro atoms. The van der Waals surface area contributed by atoms with Gasteiger partial charge in [-0.05, 0) is 37.2 Å². The molecule has 1 N–H and O–H groups in total. The lowest BCUT2D eigenvalue weighted by Gasteiger charge is -2.27. The van der Waals surface area contributed by atoms with Crippen LogP contribution in [0.1, 0.15) is 44.6 Å². The normalized spacial score (nSPS) is 18.6. The molecule has 0 aromatic carbocycles. The van der Waals surface area contributed by atoms with Gasteiger partial charge < -0.3 is 5.32 Å². The standard InChI is InChI=1S/C13H21N3/c1-3-13(6-4-5-7-13)10-16-12-14-8-11(2)9-15-12/h8-9H,3-7,10H2,1-2H3,(H,14,15,16). The topological polar surface area (TPSA) is 37.8 Å². The van der Waals surface area contributed by atoms with Gasteiger partial charge in [0, 0.05) is 18.9 Å². The molecular weight excluding hydrogens is 198 g/mol. The largest absolute Gasteiger partial charge is 0.354 e. The fraction of sp³-hybridized carbons (Fsp3) is 0.692. The summed E-state index contributed by atoms with van der Waals surface area (Å²) in [6.07, 6.45) is 10.4. The predicted octanol–water partition coefficient (Wildman–Crippen LogP) is 3.17. The Kier molecular flexibility index (Phi) is 3.42. The maximum absolute atomic E-state index is 4.28. The third-order valence-electron chi connectivity index (χ3n) is 3.82. The second-order valence-electron chi connectivity index (χ2n) is 5.00. The summed E-state index contributed by atoms with van der Waals surface area (Å²) in [4.78, 5) is 8.56. The van der Waals surface area contributed by atoms with Crippen molar-refractivity contribution in [2.45, 2.75) is 46.0 Å². The Balaban J connectivity index is 1.93. The summed E-state index contributed by atoms with van der Waals surface area (Å²) < 4.78 is 0. The molecule has 3 heteroatoms. The van der Waals surface area contributed by atoms with Crippen molar-refractivity contribution in [2.75, 3.05) is 11.9 Å². The van der Waals surface area contributed by atoms with Gasteiger partial charge in [0.05, 0.1) is 0 Å². The molecule has 0 bridgehead atoms. The van der Waals surface area contributed by atoms with Gasteiger partial charge in [0.15, 0.2) is 0 Å². The van der Waals surface area contributed by atoms with Crippen LogP contribution in [0.15, 0.2) is 12.4 Å². The summed E-state index contributed by atoms with van der Waals surface area (Å²) >= 11 is 0. The summed E-state index contributed by atoms with van der Waals surface area (Å²) in [7, 11) is 0. The zero-order valence-electron chi connectivity index (χ0n) is 10.3. The Hall–Kier alpha value is -1.12. The van der Waals surface area contributed by atoms with Crippen LogP contribution in [0, 0.1) is 12.3 Å². The SMILES string of the molecule is CCC1(CNc2ncc(C)cn2)CCCC1. The Labute approximate surface area is 97.7 Å². The fourth-order valence-corrected chi connectivity index (χ4v) is 2.53. The summed E-state index contributed by atoms with van der Waals surface area (Å²) in [5.74, 6) is 0.769. The van der Waals surface area contributed by atoms with E-state index in [1.165, 1.54) is 32.1 Å². The first-order valence-electron chi connectivity index (χ1n) is 6.27. The van der Waals surface area contributed by atoms with Crippen LogP contribution in [0.5, 0.6) is 0 Å². The highest BCUT2D eigenvalue weighted by Crippen LogP contribution is 2.40. The van der Waals surface area contributed by atoms with Gasteiger partial charge in [-0.15, -0.1) is 0 Å². The van der Waals surface area contributed by atoms with Crippen LogP contribution < -0.4 is 5.32 Å². The number of nitrogens with zero attached hydrogens (tertiary/aromatic N) is 2. The lowest BCUT2D eigenvalue weighted by Crippen LogP contribution is -2.26. The van der Waals surface area contributed by atoms with Gasteiger partial charge in [0.1, 0.15) is 0 Å². The van der Waals surface area contributed by atoms with Crippen LogP contribution in [-0.4, -0.2) is 16.5 Å². The third-order valence-corrected chi connectivity index (χ3v) is 3.82. The second-order valence-corrected chi connectivity index (χ2v) is 5.00. The summed E-state index contributed by atoms with van der Waals surface area (Å²) in [5, 5.41) is 3.38. The molecule has 16 heavy (non-hydrogen) atoms. The molecule has 1 aliphatic rings. The highest BCUT2D eigenvalue weighted by atomic mass is 15.1. The van der Waals surface area contributed by atoms with Gasteiger partial charge >= 0.3 is 0 Å². The van der Waals surface area contributed by atoms with E-state index in [2.05, 4.69) is 22.2 Å². The van der Waals surface area contributed by atoms with Gasteiger partial charge in [0.25, 0.3) is 0 Å². The first-order chi connectivity index (χ1) is 7.74. The molecular formula is C13H21N3. The van der Waals surface area contributed by atoms with Crippen molar-refractivity contribution in [3.05, 3.63) is 18.0 Å². The van der Waals surface area contributed by atoms with E-state index in [4.69, 9.17) is 0 Å². The quantitative estimate of drug-likeness (QED) is 0.845. The van der Waals surface area contributed by atoms with Gasteiger partial charge in [0.2, 0.25) is 5.95 Å². The smallest absolute Gasteiger partial charge is 0.222 e. The van der Waals surface area contributed by atoms with Crippen molar-refractivity contribution in [1.82, 2.24) is 9.97 Å². The zero-order valence-corrected chi connectivity index (χ0v) is 10.3. The van der Waals surface area contributed by atoms with Crippen molar-refractivity contribution in [2.24, 2.45) is 5.41 Å². The van der Waals surface area contributed by atoms with Gasteiger partial charge in [-0.3, -0.25) is 0 Å². The molecule has 1 aromatic rings. The highest BCUT2D eigenvalue weighted by Gasteiger charge is 2.31. The third kappa shape index (κ3) is 2.52. The van der Waals surface area contributed by atoms with Crippen molar-refractivity contribution >= 4 is 5.95 Å². The Bertz CT molecular complexity index is 326. The second kappa shape index (κ2) is 4.81. The summed E-state index contributed by atoms with van der Waals surface area (Å²) in [6.45, 7) is 5.32. The molecule has 0 unspecified atom stereocenters. The van der Waals surface area contributed by atoms with Crippen molar-refractivity contribution in [3.63, 3.8) is 0 Å². The van der Waals surface area contributed by atoms with Crippen molar-refractivity contribution in [1.29, 1.82) is 0 Å². The molecule has 0 aliphatic heterocycles. The van der Waals surface area contributed by atoms with E-state index in [1.807, 2.05) is 19.3 Å². The van der Waals surface area contributed by atoms with E-state index in [-0.39, 0.29) is 0 Å². The van der Waals surface area contributed by atoms with Crippen LogP contribution >= 0.6 is 0 Å².